The first kappa shape index (κ1) is 19.9. The molecule has 2 aliphatic heterocycles. The van der Waals surface area contributed by atoms with E-state index in [9.17, 15) is 24.1 Å². The maximum absolute atomic E-state index is 12.4. The van der Waals surface area contributed by atoms with E-state index < -0.39 is 49.1 Å². The molecule has 2 amide bonds. The highest BCUT2D eigenvalue weighted by atomic mass is 31.2. The smallest absolute Gasteiger partial charge is 0.484 e. The van der Waals surface area contributed by atoms with Gasteiger partial charge in [-0.1, -0.05) is 18.2 Å². The number of fused-ring (bicyclic) bond motifs is 1. The highest BCUT2D eigenvalue weighted by Gasteiger charge is 2.54. The van der Waals surface area contributed by atoms with E-state index in [0.29, 0.717) is 5.75 Å². The lowest BCUT2D eigenvalue weighted by molar-refractivity contribution is -0.156. The van der Waals surface area contributed by atoms with Gasteiger partial charge in [-0.3, -0.25) is 24.3 Å². The molecule has 1 aromatic carbocycles. The number of hydrogen-bond acceptors (Lipinski definition) is 6. The molecule has 1 fully saturated rings. The lowest BCUT2D eigenvalue weighted by atomic mass is 9.86. The van der Waals surface area contributed by atoms with Gasteiger partial charge in [0.05, 0.1) is 6.04 Å². The van der Waals surface area contributed by atoms with E-state index in [-0.39, 0.29) is 19.4 Å². The predicted molar refractivity (Wildman–Crippen MR) is 91.5 cm³/mol. The molecule has 2 atom stereocenters. The van der Waals surface area contributed by atoms with Crippen molar-refractivity contribution in [1.29, 1.82) is 0 Å². The highest BCUT2D eigenvalue weighted by Crippen LogP contribution is 2.45. The average Bonchev–Trinajstić information content (AvgIpc) is 2.63. The number of phosphoric ester groups is 1. The Morgan fingerprint density at radius 1 is 1.25 bits per heavy atom. The number of carbonyl (C=O) groups is 3. The van der Waals surface area contributed by atoms with Gasteiger partial charge >= 0.3 is 13.8 Å². The Labute approximate surface area is 158 Å². The number of phosphoric acid groups is 1. The average molecular weight is 412 g/mol. The second-order valence-electron chi connectivity index (χ2n) is 6.12. The second-order valence-corrected chi connectivity index (χ2v) is 7.28. The molecule has 12 heteroatoms. The van der Waals surface area contributed by atoms with Crippen LogP contribution < -0.4 is 10.1 Å². The van der Waals surface area contributed by atoms with Gasteiger partial charge in [-0.2, -0.15) is 0 Å². The first-order chi connectivity index (χ1) is 13.2. The van der Waals surface area contributed by atoms with Crippen LogP contribution in [0.4, 0.5) is 0 Å². The summed E-state index contributed by atoms with van der Waals surface area (Å²) < 4.78 is 20.7. The lowest BCUT2D eigenvalue weighted by Crippen LogP contribution is -2.72. The van der Waals surface area contributed by atoms with Crippen LogP contribution in [0.1, 0.15) is 12.8 Å². The number of amides is 2. The first-order valence-corrected chi connectivity index (χ1v) is 9.72. The molecule has 150 valence electrons. The minimum absolute atomic E-state index is 0.103. The van der Waals surface area contributed by atoms with Gasteiger partial charge in [0.15, 0.2) is 12.3 Å². The van der Waals surface area contributed by atoms with Crippen LogP contribution in [0.15, 0.2) is 41.8 Å². The summed E-state index contributed by atoms with van der Waals surface area (Å²) in [5.41, 5.74) is -0.629. The van der Waals surface area contributed by atoms with Crippen LogP contribution in [0.25, 0.3) is 0 Å². The summed E-state index contributed by atoms with van der Waals surface area (Å²) in [5, 5.41) is 11.8. The number of hydrogen-bond donors (Lipinski definition) is 4. The molecule has 2 heterocycles. The normalized spacial score (nSPS) is 21.5. The van der Waals surface area contributed by atoms with E-state index >= 15 is 0 Å². The number of benzene rings is 1. The summed E-state index contributed by atoms with van der Waals surface area (Å²) in [6.45, 7) is -0.325. The molecule has 3 rings (SSSR count). The van der Waals surface area contributed by atoms with E-state index in [1.165, 1.54) is 0 Å². The van der Waals surface area contributed by atoms with Gasteiger partial charge in [-0.15, -0.1) is 0 Å². The zero-order valence-electron chi connectivity index (χ0n) is 14.3. The van der Waals surface area contributed by atoms with Crippen molar-refractivity contribution >= 4 is 25.6 Å². The molecule has 11 nitrogen and oxygen atoms in total. The maximum atomic E-state index is 12.4. The predicted octanol–water partition coefficient (Wildman–Crippen LogP) is -0.0397. The third kappa shape index (κ3) is 4.16. The summed E-state index contributed by atoms with van der Waals surface area (Å²) in [6, 6.07) is 6.99. The van der Waals surface area contributed by atoms with Crippen molar-refractivity contribution in [3.63, 3.8) is 0 Å². The van der Waals surface area contributed by atoms with Crippen molar-refractivity contribution in [2.24, 2.45) is 0 Å². The summed E-state index contributed by atoms with van der Waals surface area (Å²) in [4.78, 5) is 54.6. The topological polar surface area (TPSA) is 163 Å². The van der Waals surface area contributed by atoms with Crippen molar-refractivity contribution in [1.82, 2.24) is 10.2 Å². The Hall–Kier alpha value is -2.88. The third-order valence-corrected chi connectivity index (χ3v) is 4.71. The van der Waals surface area contributed by atoms with Crippen LogP contribution in [0.3, 0.4) is 0 Å². The van der Waals surface area contributed by atoms with E-state index in [1.54, 1.807) is 30.3 Å². The minimum Gasteiger partial charge on any atom is -0.484 e. The molecule has 2 aliphatic rings. The van der Waals surface area contributed by atoms with Crippen molar-refractivity contribution in [2.75, 3.05) is 6.61 Å². The number of para-hydroxylation sites is 1. The van der Waals surface area contributed by atoms with Gasteiger partial charge < -0.3 is 19.7 Å². The Morgan fingerprint density at radius 3 is 2.54 bits per heavy atom. The fraction of sp³-hybridized carbons (Fsp3) is 0.312. The number of β-lactam (4-membered cyclic amide) rings is 1. The van der Waals surface area contributed by atoms with E-state index in [0.717, 1.165) is 4.90 Å². The number of rotatable bonds is 7. The minimum atomic E-state index is -4.97. The third-order valence-electron chi connectivity index (χ3n) is 4.25. The van der Waals surface area contributed by atoms with Crippen molar-refractivity contribution in [3.05, 3.63) is 41.8 Å². The van der Waals surface area contributed by atoms with Crippen LogP contribution in [0.5, 0.6) is 5.75 Å². The van der Waals surface area contributed by atoms with Gasteiger partial charge in [0.1, 0.15) is 17.6 Å². The van der Waals surface area contributed by atoms with Gasteiger partial charge in [-0.25, -0.2) is 9.36 Å². The molecular formula is C16H17N2O9P. The van der Waals surface area contributed by atoms with Crippen LogP contribution in [-0.2, 0) is 23.5 Å². The van der Waals surface area contributed by atoms with E-state index in [1.807, 2.05) is 0 Å². The molecule has 0 bridgehead atoms. The molecule has 0 radical (unpaired) electrons. The first-order valence-electron chi connectivity index (χ1n) is 8.19. The van der Waals surface area contributed by atoms with Crippen molar-refractivity contribution in [3.8, 4) is 5.75 Å². The number of nitrogens with one attached hydrogen (secondary N) is 1. The molecule has 0 spiro atoms. The molecule has 1 saturated heterocycles. The number of allylic oxidation sites excluding steroid dienone is 1. The van der Waals surface area contributed by atoms with Crippen molar-refractivity contribution < 1.29 is 43.1 Å². The number of ether oxygens (including phenoxy) is 1. The molecule has 28 heavy (non-hydrogen) atoms. The SMILES string of the molecule is O=C(COc1ccccc1)N[C@@H]1C(=O)N2C(C(=O)O)=C(OP(=O)(O)O)CC[C@H]12. The Kier molecular flexibility index (Phi) is 5.41. The monoisotopic (exact) mass is 412 g/mol. The number of nitrogens with zero attached hydrogens (tertiary/aromatic N) is 1. The van der Waals surface area contributed by atoms with Crippen LogP contribution in [0, 0.1) is 0 Å². The zero-order valence-corrected chi connectivity index (χ0v) is 15.2. The fourth-order valence-corrected chi connectivity index (χ4v) is 3.61. The van der Waals surface area contributed by atoms with Crippen LogP contribution in [-0.4, -0.2) is 56.3 Å². The molecule has 0 aliphatic carbocycles. The van der Waals surface area contributed by atoms with Gasteiger partial charge in [0.2, 0.25) is 0 Å². The zero-order chi connectivity index (χ0) is 20.5. The van der Waals surface area contributed by atoms with Crippen molar-refractivity contribution in [2.45, 2.75) is 24.9 Å². The van der Waals surface area contributed by atoms with Gasteiger partial charge in [0.25, 0.3) is 11.8 Å². The maximum Gasteiger partial charge on any atom is 0.524 e. The Balaban J connectivity index is 1.65. The van der Waals surface area contributed by atoms with Crippen LogP contribution in [0.2, 0.25) is 0 Å². The molecule has 1 aromatic rings. The highest BCUT2D eigenvalue weighted by molar-refractivity contribution is 7.46. The molecule has 4 N–H and O–H groups in total. The van der Waals surface area contributed by atoms with Crippen LogP contribution >= 0.6 is 7.82 Å². The number of carboxylic acids is 1. The standard InChI is InChI=1S/C16H17N2O9P/c19-12(8-26-9-4-2-1-3-5-9)17-13-10-6-7-11(27-28(23,24)25)14(16(21)22)18(10)15(13)20/h1-5,10,13H,6-8H2,(H,17,19)(H,21,22)(H2,23,24,25)/t10-,13+/m1/s1. The molecule has 0 aromatic heterocycles. The summed E-state index contributed by atoms with van der Waals surface area (Å²) in [5.74, 6) is -2.81. The molecule has 0 unspecified atom stereocenters. The van der Waals surface area contributed by atoms with Gasteiger partial charge in [-0.05, 0) is 18.6 Å². The number of carbonyl (C=O) groups excluding carboxylic acids is 2. The van der Waals surface area contributed by atoms with Gasteiger partial charge in [0, 0.05) is 6.42 Å². The quantitative estimate of drug-likeness (QED) is 0.355. The second kappa shape index (κ2) is 7.63. The molecule has 0 saturated carbocycles. The Bertz CT molecular complexity index is 879. The summed E-state index contributed by atoms with van der Waals surface area (Å²) >= 11 is 0. The lowest BCUT2D eigenvalue weighted by Gasteiger charge is -2.49. The summed E-state index contributed by atoms with van der Waals surface area (Å²) in [6.07, 6.45) is 0.0659. The Morgan fingerprint density at radius 2 is 1.93 bits per heavy atom. The van der Waals surface area contributed by atoms with E-state index in [4.69, 9.17) is 14.5 Å². The number of aliphatic carboxylic acids is 1. The molecular weight excluding hydrogens is 395 g/mol. The fourth-order valence-electron chi connectivity index (χ4n) is 3.14. The van der Waals surface area contributed by atoms with E-state index in [2.05, 4.69) is 9.84 Å². The summed E-state index contributed by atoms with van der Waals surface area (Å²) in [7, 11) is -4.97. The number of carboxylic acid groups (broad SMARTS) is 1. The largest absolute Gasteiger partial charge is 0.524 e.